The molecule has 2 aromatic rings. The number of benzene rings is 1. The molecule has 2 heterocycles. The fraction of sp³-hybridized carbons (Fsp3) is 0.429. The number of ketones is 1. The molecule has 29 heavy (non-hydrogen) atoms. The Balaban J connectivity index is 1.71. The van der Waals surface area contributed by atoms with Gasteiger partial charge in [-0.05, 0) is 33.7 Å². The summed E-state index contributed by atoms with van der Waals surface area (Å²) in [5, 5.41) is 8.14. The predicted octanol–water partition coefficient (Wildman–Crippen LogP) is 2.15. The lowest BCUT2D eigenvalue weighted by molar-refractivity contribution is -0.137. The molecule has 1 fully saturated rings. The summed E-state index contributed by atoms with van der Waals surface area (Å²) in [6.07, 6.45) is 1.66. The van der Waals surface area contributed by atoms with Crippen LogP contribution in [0.1, 0.15) is 53.8 Å². The van der Waals surface area contributed by atoms with Crippen LogP contribution in [0, 0.1) is 0 Å². The van der Waals surface area contributed by atoms with Crippen LogP contribution in [-0.2, 0) is 9.59 Å². The first-order valence-corrected chi connectivity index (χ1v) is 10.6. The van der Waals surface area contributed by atoms with Crippen molar-refractivity contribution in [2.24, 2.45) is 0 Å². The van der Waals surface area contributed by atoms with Crippen LogP contribution in [-0.4, -0.2) is 53.2 Å². The molecule has 1 aliphatic heterocycles. The number of likely N-dealkylation sites (tertiary alicyclic amines) is 1. The maximum atomic E-state index is 12.9. The number of hydrogen-bond acceptors (Lipinski definition) is 6. The summed E-state index contributed by atoms with van der Waals surface area (Å²) in [7, 11) is 1.70. The van der Waals surface area contributed by atoms with Gasteiger partial charge in [0.25, 0.3) is 0 Å². The second kappa shape index (κ2) is 9.28. The molecule has 154 valence electrons. The Hall–Kier alpha value is -2.58. The van der Waals surface area contributed by atoms with Crippen LogP contribution in [0.2, 0.25) is 0 Å². The molecule has 0 unspecified atom stereocenters. The molecule has 1 aliphatic rings. The Kier molecular flexibility index (Phi) is 6.76. The molecule has 1 aromatic heterocycles. The van der Waals surface area contributed by atoms with Crippen LogP contribution >= 0.6 is 11.3 Å². The summed E-state index contributed by atoms with van der Waals surface area (Å²) >= 11 is 1.40. The highest BCUT2D eigenvalue weighted by Gasteiger charge is 2.35. The van der Waals surface area contributed by atoms with Crippen molar-refractivity contribution in [2.75, 3.05) is 13.6 Å². The number of carbonyl (C=O) groups excluding carboxylic acids is 3. The highest BCUT2D eigenvalue weighted by molar-refractivity contribution is 7.10. The van der Waals surface area contributed by atoms with Gasteiger partial charge in [0.1, 0.15) is 16.7 Å². The van der Waals surface area contributed by atoms with E-state index in [1.807, 2.05) is 18.2 Å². The van der Waals surface area contributed by atoms with Gasteiger partial charge in [-0.3, -0.25) is 14.4 Å². The molecule has 2 N–H and O–H groups in total. The lowest BCUT2D eigenvalue weighted by atomic mass is 10.1. The molecule has 3 rings (SSSR count). The minimum Gasteiger partial charge on any atom is -0.343 e. The third kappa shape index (κ3) is 4.71. The minimum atomic E-state index is -0.621. The molecule has 0 spiro atoms. The van der Waals surface area contributed by atoms with Crippen LogP contribution in [0.5, 0.6) is 0 Å². The zero-order chi connectivity index (χ0) is 21.0. The first-order chi connectivity index (χ1) is 13.9. The molecule has 0 saturated carbocycles. The van der Waals surface area contributed by atoms with Gasteiger partial charge in [-0.2, -0.15) is 0 Å². The van der Waals surface area contributed by atoms with Crippen molar-refractivity contribution in [3.05, 3.63) is 52.0 Å². The van der Waals surface area contributed by atoms with Crippen molar-refractivity contribution < 1.29 is 14.4 Å². The third-order valence-electron chi connectivity index (χ3n) is 5.17. The second-order valence-corrected chi connectivity index (χ2v) is 8.09. The maximum absolute atomic E-state index is 12.9. The Morgan fingerprint density at radius 1 is 1.17 bits per heavy atom. The lowest BCUT2D eigenvalue weighted by Gasteiger charge is -2.27. The average Bonchev–Trinajstić information content (AvgIpc) is 3.41. The molecule has 0 aliphatic carbocycles. The fourth-order valence-electron chi connectivity index (χ4n) is 3.35. The van der Waals surface area contributed by atoms with Gasteiger partial charge in [0.15, 0.2) is 0 Å². The fourth-order valence-corrected chi connectivity index (χ4v) is 4.29. The normalized spacial score (nSPS) is 18.3. The van der Waals surface area contributed by atoms with Gasteiger partial charge in [-0.15, -0.1) is 11.3 Å². The number of nitrogens with zero attached hydrogens (tertiary/aromatic N) is 2. The number of amides is 2. The van der Waals surface area contributed by atoms with E-state index in [0.29, 0.717) is 17.8 Å². The topological polar surface area (TPSA) is 91.4 Å². The van der Waals surface area contributed by atoms with Gasteiger partial charge >= 0.3 is 0 Å². The zero-order valence-corrected chi connectivity index (χ0v) is 17.7. The Morgan fingerprint density at radius 2 is 1.90 bits per heavy atom. The van der Waals surface area contributed by atoms with Crippen LogP contribution in [0.4, 0.5) is 0 Å². The third-order valence-corrected chi connectivity index (χ3v) is 6.11. The van der Waals surface area contributed by atoms with Gasteiger partial charge in [0, 0.05) is 17.5 Å². The van der Waals surface area contributed by atoms with Crippen molar-refractivity contribution in [3.63, 3.8) is 0 Å². The Labute approximate surface area is 174 Å². The summed E-state index contributed by atoms with van der Waals surface area (Å²) in [5.74, 6) is -0.463. The molecule has 3 atom stereocenters. The second-order valence-electron chi connectivity index (χ2n) is 7.20. The smallest absolute Gasteiger partial charge is 0.245 e. The first kappa shape index (κ1) is 21.1. The predicted molar refractivity (Wildman–Crippen MR) is 112 cm³/mol. The van der Waals surface area contributed by atoms with Crippen molar-refractivity contribution in [2.45, 2.75) is 44.8 Å². The molecule has 2 amide bonds. The summed E-state index contributed by atoms with van der Waals surface area (Å²) in [6.45, 7) is 4.06. The number of aromatic nitrogens is 1. The van der Waals surface area contributed by atoms with E-state index in [2.05, 4.69) is 15.6 Å². The first-order valence-electron chi connectivity index (χ1n) is 9.75. The van der Waals surface area contributed by atoms with Crippen LogP contribution in [0.25, 0.3) is 0 Å². The monoisotopic (exact) mass is 414 g/mol. The number of thiazole rings is 1. The minimum absolute atomic E-state index is 0.120. The van der Waals surface area contributed by atoms with Crippen LogP contribution in [0.15, 0.2) is 35.7 Å². The summed E-state index contributed by atoms with van der Waals surface area (Å²) < 4.78 is 0. The standard InChI is InChI=1S/C21H26N4O3S/c1-13(22-3)19(27)23-14(2)21(28)25-11-7-10-17(25)20-24-16(12-29-20)18(26)15-8-5-4-6-9-15/h4-6,8-9,12-14,17,22H,7,10-11H2,1-3H3,(H,23,27)/t13-,14-,17-/m0/s1. The van der Waals surface area contributed by atoms with E-state index < -0.39 is 6.04 Å². The quantitative estimate of drug-likeness (QED) is 0.678. The Bertz CT molecular complexity index is 883. The van der Waals surface area contributed by atoms with E-state index in [4.69, 9.17) is 0 Å². The van der Waals surface area contributed by atoms with Gasteiger partial charge in [-0.25, -0.2) is 4.98 Å². The summed E-state index contributed by atoms with van der Waals surface area (Å²) in [6, 6.07) is 7.89. The van der Waals surface area contributed by atoms with Crippen molar-refractivity contribution >= 4 is 28.9 Å². The van der Waals surface area contributed by atoms with Crippen molar-refractivity contribution in [1.29, 1.82) is 0 Å². The van der Waals surface area contributed by atoms with Crippen LogP contribution in [0.3, 0.4) is 0 Å². The van der Waals surface area contributed by atoms with E-state index in [-0.39, 0.29) is 29.7 Å². The van der Waals surface area contributed by atoms with Gasteiger partial charge in [-0.1, -0.05) is 30.3 Å². The molecule has 1 saturated heterocycles. The summed E-state index contributed by atoms with van der Waals surface area (Å²) in [5.41, 5.74) is 0.999. The molecule has 1 aromatic carbocycles. The van der Waals surface area contributed by atoms with E-state index in [1.54, 1.807) is 43.3 Å². The highest BCUT2D eigenvalue weighted by Crippen LogP contribution is 2.34. The zero-order valence-electron chi connectivity index (χ0n) is 16.8. The lowest BCUT2D eigenvalue weighted by Crippen LogP contribution is -2.51. The molecule has 8 heteroatoms. The van der Waals surface area contributed by atoms with E-state index in [9.17, 15) is 14.4 Å². The molecule has 0 bridgehead atoms. The van der Waals surface area contributed by atoms with Crippen molar-refractivity contribution in [3.8, 4) is 0 Å². The van der Waals surface area contributed by atoms with Gasteiger partial charge in [0.05, 0.1) is 12.1 Å². The largest absolute Gasteiger partial charge is 0.343 e. The van der Waals surface area contributed by atoms with E-state index >= 15 is 0 Å². The van der Waals surface area contributed by atoms with E-state index in [1.165, 1.54) is 11.3 Å². The number of likely N-dealkylation sites (N-methyl/N-ethyl adjacent to an activating group) is 1. The maximum Gasteiger partial charge on any atom is 0.245 e. The Morgan fingerprint density at radius 3 is 2.59 bits per heavy atom. The number of nitrogens with one attached hydrogen (secondary N) is 2. The number of carbonyl (C=O) groups is 3. The summed E-state index contributed by atoms with van der Waals surface area (Å²) in [4.78, 5) is 43.9. The SMILES string of the molecule is CN[C@@H](C)C(=O)N[C@@H](C)C(=O)N1CCC[C@H]1c1nc(C(=O)c2ccccc2)cs1. The van der Waals surface area contributed by atoms with Crippen LogP contribution < -0.4 is 10.6 Å². The van der Waals surface area contributed by atoms with Gasteiger partial charge < -0.3 is 15.5 Å². The van der Waals surface area contributed by atoms with Crippen molar-refractivity contribution in [1.82, 2.24) is 20.5 Å². The molecular weight excluding hydrogens is 388 g/mol. The number of rotatable bonds is 7. The average molecular weight is 415 g/mol. The highest BCUT2D eigenvalue weighted by atomic mass is 32.1. The van der Waals surface area contributed by atoms with E-state index in [0.717, 1.165) is 17.8 Å². The molecular formula is C21H26N4O3S. The van der Waals surface area contributed by atoms with Gasteiger partial charge in [0.2, 0.25) is 17.6 Å². The molecule has 7 nitrogen and oxygen atoms in total. The molecule has 0 radical (unpaired) electrons. The number of hydrogen-bond donors (Lipinski definition) is 2.